The third-order valence-corrected chi connectivity index (χ3v) is 5.12. The van der Waals surface area contributed by atoms with Crippen LogP contribution in [0.1, 0.15) is 38.7 Å². The highest BCUT2D eigenvalue weighted by molar-refractivity contribution is 6.04. The molecule has 3 aromatic heterocycles. The summed E-state index contributed by atoms with van der Waals surface area (Å²) in [5.41, 5.74) is 11.5. The van der Waals surface area contributed by atoms with Crippen LogP contribution in [0.3, 0.4) is 0 Å². The molecule has 0 saturated heterocycles. The van der Waals surface area contributed by atoms with Crippen molar-refractivity contribution in [3.8, 4) is 5.75 Å². The maximum Gasteiger partial charge on any atom is 0.276 e. The van der Waals surface area contributed by atoms with Gasteiger partial charge in [0, 0.05) is 35.8 Å². The molecule has 0 unspecified atom stereocenters. The molecule has 1 aromatic carbocycles. The molecule has 0 saturated carbocycles. The highest BCUT2D eigenvalue weighted by Gasteiger charge is 2.21. The van der Waals surface area contributed by atoms with Gasteiger partial charge in [-0.2, -0.15) is 5.10 Å². The number of para-hydroxylation sites is 1. The summed E-state index contributed by atoms with van der Waals surface area (Å²) in [5, 5.41) is 7.63. The molecule has 3 N–H and O–H groups in total. The Balaban J connectivity index is 1.72. The number of rotatable bonds is 7. The summed E-state index contributed by atoms with van der Waals surface area (Å²) in [6.07, 6.45) is 4.80. The molecule has 33 heavy (non-hydrogen) atoms. The molecule has 4 rings (SSSR count). The Kier molecular flexibility index (Phi) is 6.30. The van der Waals surface area contributed by atoms with E-state index >= 15 is 0 Å². The number of amides is 1. The number of nitrogens with one attached hydrogen (secondary N) is 1. The number of ether oxygens (including phenoxy) is 1. The molecule has 0 aliphatic rings. The van der Waals surface area contributed by atoms with Gasteiger partial charge in [0.05, 0.1) is 25.5 Å². The number of nitrogens with zero attached hydrogens (tertiary/aromatic N) is 5. The maximum absolute atomic E-state index is 12.8. The Morgan fingerprint density at radius 1 is 1.15 bits per heavy atom. The van der Waals surface area contributed by atoms with Crippen LogP contribution in [0.25, 0.3) is 0 Å². The SMILES string of the molecule is COc1ccccc1Cc1nn(Cc2cc(C)nc(C)c2)c(N)c1NC(=O)c1cnccn1. The lowest BCUT2D eigenvalue weighted by molar-refractivity contribution is 0.102. The summed E-state index contributed by atoms with van der Waals surface area (Å²) in [6.45, 7) is 4.33. The number of hydrogen-bond donors (Lipinski definition) is 2. The van der Waals surface area contributed by atoms with Crippen LogP contribution >= 0.6 is 0 Å². The Labute approximate surface area is 191 Å². The van der Waals surface area contributed by atoms with E-state index in [0.717, 1.165) is 28.3 Å². The van der Waals surface area contributed by atoms with Crippen LogP contribution in [-0.4, -0.2) is 37.7 Å². The lowest BCUT2D eigenvalue weighted by atomic mass is 10.1. The highest BCUT2D eigenvalue weighted by atomic mass is 16.5. The lowest BCUT2D eigenvalue weighted by Gasteiger charge is -2.09. The van der Waals surface area contributed by atoms with E-state index < -0.39 is 5.91 Å². The standard InChI is InChI=1S/C24H25N7O2/c1-15-10-17(11-16(2)28-15)14-31-23(25)22(29-24(32)20-13-26-8-9-27-20)19(30-31)12-18-6-4-5-7-21(18)33-3/h4-11,13H,12,14,25H2,1-3H3,(H,29,32). The number of benzene rings is 1. The average molecular weight is 444 g/mol. The van der Waals surface area contributed by atoms with Crippen molar-refractivity contribution in [3.05, 3.63) is 88.9 Å². The van der Waals surface area contributed by atoms with Crippen LogP contribution in [0.2, 0.25) is 0 Å². The number of pyridine rings is 1. The van der Waals surface area contributed by atoms with Gasteiger partial charge in [-0.25, -0.2) is 9.67 Å². The van der Waals surface area contributed by atoms with Gasteiger partial charge in [-0.05, 0) is 37.6 Å². The zero-order valence-corrected chi connectivity index (χ0v) is 18.7. The largest absolute Gasteiger partial charge is 0.496 e. The van der Waals surface area contributed by atoms with E-state index in [2.05, 4.69) is 20.3 Å². The molecular weight excluding hydrogens is 418 g/mol. The Morgan fingerprint density at radius 2 is 1.91 bits per heavy atom. The molecule has 3 heterocycles. The summed E-state index contributed by atoms with van der Waals surface area (Å²) in [4.78, 5) is 25.3. The van der Waals surface area contributed by atoms with Crippen molar-refractivity contribution in [3.63, 3.8) is 0 Å². The number of aromatic nitrogens is 5. The predicted molar refractivity (Wildman–Crippen MR) is 125 cm³/mol. The van der Waals surface area contributed by atoms with Gasteiger partial charge in [0.1, 0.15) is 22.9 Å². The predicted octanol–water partition coefficient (Wildman–Crippen LogP) is 3.17. The van der Waals surface area contributed by atoms with Crippen molar-refractivity contribution in [1.29, 1.82) is 0 Å². The minimum atomic E-state index is -0.411. The van der Waals surface area contributed by atoms with Crippen molar-refractivity contribution in [2.45, 2.75) is 26.8 Å². The van der Waals surface area contributed by atoms with Gasteiger partial charge < -0.3 is 15.8 Å². The summed E-state index contributed by atoms with van der Waals surface area (Å²) >= 11 is 0. The lowest BCUT2D eigenvalue weighted by Crippen LogP contribution is -2.16. The molecule has 1 amide bonds. The summed E-state index contributed by atoms with van der Waals surface area (Å²) in [6, 6.07) is 11.7. The Hall–Kier alpha value is -4.27. The van der Waals surface area contributed by atoms with Crippen LogP contribution in [0.4, 0.5) is 11.5 Å². The fourth-order valence-corrected chi connectivity index (χ4v) is 3.72. The molecule has 9 nitrogen and oxygen atoms in total. The minimum Gasteiger partial charge on any atom is -0.496 e. The van der Waals surface area contributed by atoms with Crippen LogP contribution in [-0.2, 0) is 13.0 Å². The molecule has 0 aliphatic carbocycles. The van der Waals surface area contributed by atoms with Gasteiger partial charge in [0.15, 0.2) is 0 Å². The van der Waals surface area contributed by atoms with Crippen molar-refractivity contribution in [1.82, 2.24) is 24.7 Å². The van der Waals surface area contributed by atoms with E-state index in [0.29, 0.717) is 30.2 Å². The number of carbonyl (C=O) groups is 1. The van der Waals surface area contributed by atoms with Gasteiger partial charge in [0.2, 0.25) is 0 Å². The zero-order chi connectivity index (χ0) is 23.4. The molecule has 0 bridgehead atoms. The van der Waals surface area contributed by atoms with Gasteiger partial charge in [0.25, 0.3) is 5.91 Å². The molecule has 0 spiro atoms. The van der Waals surface area contributed by atoms with Crippen LogP contribution in [0.15, 0.2) is 55.0 Å². The first-order valence-corrected chi connectivity index (χ1v) is 10.4. The first-order chi connectivity index (χ1) is 15.9. The minimum absolute atomic E-state index is 0.188. The van der Waals surface area contributed by atoms with Gasteiger partial charge in [-0.1, -0.05) is 18.2 Å². The average Bonchev–Trinajstić information content (AvgIpc) is 3.08. The Bertz CT molecular complexity index is 1270. The zero-order valence-electron chi connectivity index (χ0n) is 18.7. The number of nitrogen functional groups attached to an aromatic ring is 1. The Morgan fingerprint density at radius 3 is 2.61 bits per heavy atom. The number of carbonyl (C=O) groups excluding carboxylic acids is 1. The van der Waals surface area contributed by atoms with E-state index in [1.165, 1.54) is 18.6 Å². The fourth-order valence-electron chi connectivity index (χ4n) is 3.72. The third kappa shape index (κ3) is 4.98. The van der Waals surface area contributed by atoms with Crippen molar-refractivity contribution in [2.24, 2.45) is 0 Å². The van der Waals surface area contributed by atoms with Crippen LogP contribution < -0.4 is 15.8 Å². The van der Waals surface area contributed by atoms with Crippen LogP contribution in [0.5, 0.6) is 5.75 Å². The molecule has 168 valence electrons. The molecule has 0 atom stereocenters. The third-order valence-electron chi connectivity index (χ3n) is 5.12. The van der Waals surface area contributed by atoms with Gasteiger partial charge >= 0.3 is 0 Å². The first-order valence-electron chi connectivity index (χ1n) is 10.4. The van der Waals surface area contributed by atoms with Crippen molar-refractivity contribution < 1.29 is 9.53 Å². The summed E-state index contributed by atoms with van der Waals surface area (Å²) in [7, 11) is 1.62. The fraction of sp³-hybridized carbons (Fsp3) is 0.208. The number of aryl methyl sites for hydroxylation is 2. The van der Waals surface area contributed by atoms with Crippen molar-refractivity contribution in [2.75, 3.05) is 18.2 Å². The second-order valence-corrected chi connectivity index (χ2v) is 7.66. The summed E-state index contributed by atoms with van der Waals surface area (Å²) < 4.78 is 7.17. The topological polar surface area (TPSA) is 121 Å². The number of anilines is 2. The number of hydrogen-bond acceptors (Lipinski definition) is 7. The second-order valence-electron chi connectivity index (χ2n) is 7.66. The molecular formula is C24H25N7O2. The summed E-state index contributed by atoms with van der Waals surface area (Å²) in [5.74, 6) is 0.674. The highest BCUT2D eigenvalue weighted by Crippen LogP contribution is 2.29. The second kappa shape index (κ2) is 9.47. The molecule has 4 aromatic rings. The maximum atomic E-state index is 12.8. The number of nitrogens with two attached hydrogens (primary N) is 1. The van der Waals surface area contributed by atoms with Crippen LogP contribution in [0, 0.1) is 13.8 Å². The smallest absolute Gasteiger partial charge is 0.276 e. The monoisotopic (exact) mass is 443 g/mol. The van der Waals surface area contributed by atoms with E-state index in [4.69, 9.17) is 15.6 Å². The van der Waals surface area contributed by atoms with E-state index in [1.807, 2.05) is 50.2 Å². The van der Waals surface area contributed by atoms with Crippen molar-refractivity contribution >= 4 is 17.4 Å². The molecule has 0 fully saturated rings. The van der Waals surface area contributed by atoms with E-state index in [9.17, 15) is 4.79 Å². The van der Waals surface area contributed by atoms with Gasteiger partial charge in [-0.15, -0.1) is 0 Å². The molecule has 0 radical (unpaired) electrons. The quantitative estimate of drug-likeness (QED) is 0.450. The van der Waals surface area contributed by atoms with E-state index in [-0.39, 0.29) is 5.69 Å². The normalized spacial score (nSPS) is 10.8. The molecule has 0 aliphatic heterocycles. The first kappa shape index (κ1) is 21.9. The molecule has 9 heteroatoms. The van der Waals surface area contributed by atoms with E-state index in [1.54, 1.807) is 11.8 Å². The van der Waals surface area contributed by atoms with Gasteiger partial charge in [-0.3, -0.25) is 14.8 Å². The number of methoxy groups -OCH3 is 1.